The van der Waals surface area contributed by atoms with Crippen molar-refractivity contribution in [2.75, 3.05) is 10.6 Å². The van der Waals surface area contributed by atoms with Crippen LogP contribution in [0.1, 0.15) is 29.9 Å². The van der Waals surface area contributed by atoms with E-state index in [0.29, 0.717) is 27.8 Å². The number of aromatic amines is 1. The van der Waals surface area contributed by atoms with Crippen LogP contribution in [0.2, 0.25) is 5.02 Å². The molecule has 0 aliphatic heterocycles. The molecule has 178 valence electrons. The second-order valence-corrected chi connectivity index (χ2v) is 8.03. The third-order valence-corrected chi connectivity index (χ3v) is 5.62. The molecule has 0 amide bonds. The normalized spacial score (nSPS) is 13.0. The number of hydrogen-bond acceptors (Lipinski definition) is 8. The Morgan fingerprint density at radius 3 is 2.72 bits per heavy atom. The summed E-state index contributed by atoms with van der Waals surface area (Å²) in [7, 11) is 0. The van der Waals surface area contributed by atoms with Crippen LogP contribution < -0.4 is 10.6 Å². The summed E-state index contributed by atoms with van der Waals surface area (Å²) in [6, 6.07) is 8.01. The Morgan fingerprint density at radius 2 is 2.00 bits per heavy atom. The van der Waals surface area contributed by atoms with E-state index >= 15 is 0 Å². The standard InChI is InChI=1S/C24H16ClF2N9/c1-12-16(3-2-4-29-12)23(20-11-32-36-35-20)33-14-5-17-21(34-15-7-19(26)24(27)31-10-15)13(8-28)9-30-22(17)18(25)6-14/h2-7,9-11,23,33H,1H3,(H,30,34)(H,32,35,36)/i23D. The lowest BCUT2D eigenvalue weighted by Gasteiger charge is -2.21. The highest BCUT2D eigenvalue weighted by Gasteiger charge is 2.21. The second kappa shape index (κ2) is 9.52. The molecule has 4 heterocycles. The van der Waals surface area contributed by atoms with Crippen molar-refractivity contribution in [3.63, 3.8) is 0 Å². The maximum atomic E-state index is 13.8. The SMILES string of the molecule is [2H]C(Nc1cc(Cl)c2ncc(C#N)c(Nc3cnc(F)c(F)c3)c2c1)(c1cn[nH]n1)c1cccnc1C. The molecule has 0 spiro atoms. The highest BCUT2D eigenvalue weighted by molar-refractivity contribution is 6.36. The van der Waals surface area contributed by atoms with Gasteiger partial charge >= 0.3 is 0 Å². The molecule has 0 bridgehead atoms. The number of pyridine rings is 3. The van der Waals surface area contributed by atoms with Gasteiger partial charge < -0.3 is 10.6 Å². The predicted octanol–water partition coefficient (Wildman–Crippen LogP) is 5.20. The zero-order valence-electron chi connectivity index (χ0n) is 19.5. The van der Waals surface area contributed by atoms with Gasteiger partial charge in [0, 0.05) is 40.8 Å². The number of aryl methyl sites for hydroxylation is 1. The fourth-order valence-corrected chi connectivity index (χ4v) is 3.94. The maximum Gasteiger partial charge on any atom is 0.249 e. The molecule has 0 fully saturated rings. The molecule has 0 saturated carbocycles. The van der Waals surface area contributed by atoms with Crippen molar-refractivity contribution < 1.29 is 10.2 Å². The average molecular weight is 505 g/mol. The van der Waals surface area contributed by atoms with E-state index in [-0.39, 0.29) is 27.7 Å². The Balaban J connectivity index is 1.66. The molecule has 0 radical (unpaired) electrons. The van der Waals surface area contributed by atoms with Gasteiger partial charge in [0.15, 0.2) is 5.82 Å². The van der Waals surface area contributed by atoms with Crippen LogP contribution in [-0.4, -0.2) is 30.4 Å². The number of fused-ring (bicyclic) bond motifs is 1. The first kappa shape index (κ1) is 21.8. The van der Waals surface area contributed by atoms with Crippen LogP contribution in [0.25, 0.3) is 10.9 Å². The lowest BCUT2D eigenvalue weighted by molar-refractivity contribution is 0.480. The van der Waals surface area contributed by atoms with Crippen molar-refractivity contribution in [3.8, 4) is 6.07 Å². The maximum absolute atomic E-state index is 13.8. The number of hydrogen-bond donors (Lipinski definition) is 3. The van der Waals surface area contributed by atoms with Gasteiger partial charge in [0.1, 0.15) is 11.8 Å². The Kier molecular flexibility index (Phi) is 5.77. The van der Waals surface area contributed by atoms with E-state index < -0.39 is 17.8 Å². The van der Waals surface area contributed by atoms with Crippen molar-refractivity contribution in [3.05, 3.63) is 94.4 Å². The lowest BCUT2D eigenvalue weighted by atomic mass is 10.0. The Morgan fingerprint density at radius 1 is 1.14 bits per heavy atom. The number of rotatable bonds is 6. The Bertz CT molecular complexity index is 1670. The molecule has 1 atom stereocenters. The summed E-state index contributed by atoms with van der Waals surface area (Å²) < 4.78 is 36.5. The predicted molar refractivity (Wildman–Crippen MR) is 130 cm³/mol. The van der Waals surface area contributed by atoms with E-state index in [1.165, 1.54) is 12.4 Å². The van der Waals surface area contributed by atoms with Gasteiger partial charge in [0.2, 0.25) is 5.95 Å². The lowest BCUT2D eigenvalue weighted by Crippen LogP contribution is -2.15. The van der Waals surface area contributed by atoms with Crippen LogP contribution in [0.5, 0.6) is 0 Å². The van der Waals surface area contributed by atoms with Gasteiger partial charge in [0.25, 0.3) is 0 Å². The number of nitrogens with one attached hydrogen (secondary N) is 3. The molecule has 3 N–H and O–H groups in total. The first-order chi connectivity index (χ1) is 17.8. The molecule has 1 aromatic carbocycles. The molecule has 0 aliphatic rings. The highest BCUT2D eigenvalue weighted by Crippen LogP contribution is 2.36. The van der Waals surface area contributed by atoms with Crippen LogP contribution in [0.15, 0.2) is 55.1 Å². The van der Waals surface area contributed by atoms with Crippen molar-refractivity contribution in [1.29, 1.82) is 5.26 Å². The number of nitriles is 1. The molecule has 5 aromatic rings. The first-order valence-electron chi connectivity index (χ1n) is 11.0. The largest absolute Gasteiger partial charge is 0.373 e. The number of nitrogens with zero attached hydrogens (tertiary/aromatic N) is 6. The topological polar surface area (TPSA) is 128 Å². The van der Waals surface area contributed by atoms with Crippen molar-refractivity contribution in [1.82, 2.24) is 30.4 Å². The monoisotopic (exact) mass is 504 g/mol. The van der Waals surface area contributed by atoms with Gasteiger partial charge in [-0.3, -0.25) is 9.97 Å². The summed E-state index contributed by atoms with van der Waals surface area (Å²) in [6.45, 7) is 1.77. The molecule has 36 heavy (non-hydrogen) atoms. The quantitative estimate of drug-likeness (QED) is 0.269. The van der Waals surface area contributed by atoms with Gasteiger partial charge in [-0.25, -0.2) is 9.37 Å². The van der Waals surface area contributed by atoms with Gasteiger partial charge in [-0.2, -0.15) is 25.1 Å². The summed E-state index contributed by atoms with van der Waals surface area (Å²) >= 11 is 6.57. The third-order valence-electron chi connectivity index (χ3n) is 5.33. The Labute approximate surface area is 209 Å². The average Bonchev–Trinajstić information content (AvgIpc) is 3.43. The minimum Gasteiger partial charge on any atom is -0.373 e. The fourth-order valence-electron chi connectivity index (χ4n) is 3.67. The number of benzene rings is 1. The summed E-state index contributed by atoms with van der Waals surface area (Å²) in [4.78, 5) is 12.0. The number of H-pyrrole nitrogens is 1. The van der Waals surface area contributed by atoms with Crippen molar-refractivity contribution in [2.45, 2.75) is 12.9 Å². The molecule has 0 saturated heterocycles. The molecule has 9 nitrogen and oxygen atoms in total. The van der Waals surface area contributed by atoms with Gasteiger partial charge in [0.05, 0.1) is 47.3 Å². The van der Waals surface area contributed by atoms with Crippen molar-refractivity contribution >= 4 is 39.6 Å². The van der Waals surface area contributed by atoms with Crippen LogP contribution in [0.4, 0.5) is 25.8 Å². The summed E-state index contributed by atoms with van der Waals surface area (Å²) in [5, 5.41) is 26.9. The van der Waals surface area contributed by atoms with E-state index in [0.717, 1.165) is 12.3 Å². The first-order valence-corrected chi connectivity index (χ1v) is 10.8. The van der Waals surface area contributed by atoms with E-state index in [4.69, 9.17) is 11.6 Å². The van der Waals surface area contributed by atoms with Gasteiger partial charge in [-0.1, -0.05) is 17.7 Å². The molecule has 1 unspecified atom stereocenters. The minimum absolute atomic E-state index is 0.112. The van der Waals surface area contributed by atoms with E-state index in [1.807, 2.05) is 6.07 Å². The van der Waals surface area contributed by atoms with Crippen LogP contribution in [-0.2, 0) is 0 Å². The second-order valence-electron chi connectivity index (χ2n) is 7.63. The molecular weight excluding hydrogens is 488 g/mol. The van der Waals surface area contributed by atoms with Gasteiger partial charge in [-0.05, 0) is 25.1 Å². The van der Waals surface area contributed by atoms with Crippen LogP contribution in [0, 0.1) is 30.0 Å². The number of anilines is 3. The summed E-state index contributed by atoms with van der Waals surface area (Å²) in [5.74, 6) is -2.40. The number of halogens is 3. The third kappa shape index (κ3) is 4.37. The van der Waals surface area contributed by atoms with E-state index in [2.05, 4.69) is 41.0 Å². The van der Waals surface area contributed by atoms with Crippen LogP contribution >= 0.6 is 11.6 Å². The van der Waals surface area contributed by atoms with E-state index in [1.54, 1.807) is 37.4 Å². The minimum atomic E-state index is -1.62. The van der Waals surface area contributed by atoms with Gasteiger partial charge in [-0.15, -0.1) is 0 Å². The highest BCUT2D eigenvalue weighted by atomic mass is 35.5. The molecule has 12 heteroatoms. The fraction of sp³-hybridized carbons (Fsp3) is 0.0833. The van der Waals surface area contributed by atoms with E-state index in [9.17, 15) is 15.4 Å². The smallest absolute Gasteiger partial charge is 0.249 e. The summed E-state index contributed by atoms with van der Waals surface area (Å²) in [6.07, 6.45) is 5.46. The zero-order valence-corrected chi connectivity index (χ0v) is 19.3. The Hall–Kier alpha value is -4.69. The van der Waals surface area contributed by atoms with Crippen LogP contribution in [0.3, 0.4) is 0 Å². The molecule has 5 rings (SSSR count). The molecule has 4 aromatic heterocycles. The number of aromatic nitrogens is 6. The zero-order chi connectivity index (χ0) is 26.2. The molecular formula is C24H16ClF2N9. The van der Waals surface area contributed by atoms with Crippen molar-refractivity contribution in [2.24, 2.45) is 0 Å². The summed E-state index contributed by atoms with van der Waals surface area (Å²) in [5.41, 5.74) is 2.62. The molecule has 0 aliphatic carbocycles.